The number of quaternary nitrogens is 1. The number of nitrogens with zero attached hydrogens (tertiary/aromatic N) is 4. The molecule has 0 amide bonds. The number of benzene rings is 1. The van der Waals surface area contributed by atoms with Crippen molar-refractivity contribution in [2.45, 2.75) is 31.0 Å². The van der Waals surface area contributed by atoms with Gasteiger partial charge in [-0.3, -0.25) is 0 Å². The zero-order valence-corrected chi connectivity index (χ0v) is 15.6. The second-order valence-electron chi connectivity index (χ2n) is 6.65. The van der Waals surface area contributed by atoms with E-state index in [1.165, 1.54) is 22.2 Å². The Morgan fingerprint density at radius 1 is 1.24 bits per heavy atom. The van der Waals surface area contributed by atoms with Gasteiger partial charge in [-0.15, -0.1) is 5.10 Å². The van der Waals surface area contributed by atoms with Crippen molar-refractivity contribution in [2.75, 3.05) is 38.6 Å². The molecule has 0 spiro atoms. The predicted molar refractivity (Wildman–Crippen MR) is 96.4 cm³/mol. The van der Waals surface area contributed by atoms with E-state index in [1.807, 2.05) is 12.1 Å². The second kappa shape index (κ2) is 8.75. The van der Waals surface area contributed by atoms with Crippen LogP contribution in [0.15, 0.2) is 29.4 Å². The van der Waals surface area contributed by atoms with E-state index in [2.05, 4.69) is 41.5 Å². The number of rotatable bonds is 7. The van der Waals surface area contributed by atoms with Crippen molar-refractivity contribution in [3.8, 4) is 5.69 Å². The molecule has 1 aromatic carbocycles. The summed E-state index contributed by atoms with van der Waals surface area (Å²) in [5.41, 5.74) is 2.22. The first-order valence-electron chi connectivity index (χ1n) is 8.74. The molecule has 7 nitrogen and oxygen atoms in total. The number of hydrogen-bond acceptors (Lipinski definition) is 6. The summed E-state index contributed by atoms with van der Waals surface area (Å²) < 4.78 is 7.08. The number of aliphatic hydroxyl groups is 1. The van der Waals surface area contributed by atoms with E-state index in [0.717, 1.165) is 38.5 Å². The van der Waals surface area contributed by atoms with Crippen LogP contribution in [0.5, 0.6) is 0 Å². The molecule has 8 heteroatoms. The fourth-order valence-electron chi connectivity index (χ4n) is 2.86. The van der Waals surface area contributed by atoms with Gasteiger partial charge in [0.2, 0.25) is 5.16 Å². The summed E-state index contributed by atoms with van der Waals surface area (Å²) in [5, 5.41) is 23.0. The van der Waals surface area contributed by atoms with Gasteiger partial charge in [-0.1, -0.05) is 37.7 Å². The first kappa shape index (κ1) is 18.3. The molecule has 0 bridgehead atoms. The van der Waals surface area contributed by atoms with Gasteiger partial charge in [0.1, 0.15) is 25.7 Å². The molecule has 1 aromatic heterocycles. The SMILES string of the molecule is CC(C)c1ccc(-n2nnnc2SC[C@@H](O)C[NH+]2CCOCC2)cc1. The average molecular weight is 364 g/mol. The molecule has 0 saturated carbocycles. The summed E-state index contributed by atoms with van der Waals surface area (Å²) in [7, 11) is 0. The number of ether oxygens (including phenoxy) is 1. The number of morpholine rings is 1. The molecule has 136 valence electrons. The Morgan fingerprint density at radius 2 is 1.96 bits per heavy atom. The normalized spacial score (nSPS) is 17.1. The lowest BCUT2D eigenvalue weighted by Gasteiger charge is -2.25. The van der Waals surface area contributed by atoms with Crippen molar-refractivity contribution in [3.05, 3.63) is 29.8 Å². The topological polar surface area (TPSA) is 77.5 Å². The number of nitrogens with one attached hydrogen (secondary N) is 1. The molecule has 0 radical (unpaired) electrons. The summed E-state index contributed by atoms with van der Waals surface area (Å²) >= 11 is 1.49. The Kier molecular flexibility index (Phi) is 6.41. The van der Waals surface area contributed by atoms with Crippen molar-refractivity contribution in [1.82, 2.24) is 20.2 Å². The molecule has 1 fully saturated rings. The predicted octanol–water partition coefficient (Wildman–Crippen LogP) is 0.154. The van der Waals surface area contributed by atoms with Crippen LogP contribution in [0.1, 0.15) is 25.3 Å². The van der Waals surface area contributed by atoms with Crippen molar-refractivity contribution >= 4 is 11.8 Å². The van der Waals surface area contributed by atoms with Gasteiger partial charge in [0.25, 0.3) is 0 Å². The van der Waals surface area contributed by atoms with Gasteiger partial charge in [0, 0.05) is 5.75 Å². The van der Waals surface area contributed by atoms with E-state index < -0.39 is 0 Å². The smallest absolute Gasteiger partial charge is 0.214 e. The maximum Gasteiger partial charge on any atom is 0.214 e. The van der Waals surface area contributed by atoms with Crippen molar-refractivity contribution in [1.29, 1.82) is 0 Å². The van der Waals surface area contributed by atoms with Gasteiger partial charge in [-0.05, 0) is 34.0 Å². The molecule has 0 unspecified atom stereocenters. The highest BCUT2D eigenvalue weighted by Crippen LogP contribution is 2.21. The number of thioether (sulfide) groups is 1. The number of aromatic nitrogens is 4. The van der Waals surface area contributed by atoms with Crippen molar-refractivity contribution in [3.63, 3.8) is 0 Å². The molecule has 0 aliphatic carbocycles. The minimum Gasteiger partial charge on any atom is -0.386 e. The summed E-state index contributed by atoms with van der Waals surface area (Å²) in [4.78, 5) is 1.39. The summed E-state index contributed by atoms with van der Waals surface area (Å²) in [6, 6.07) is 8.27. The highest BCUT2D eigenvalue weighted by atomic mass is 32.2. The number of hydrogen-bond donors (Lipinski definition) is 2. The molecular weight excluding hydrogens is 338 g/mol. The standard InChI is InChI=1S/C17H25N5O2S/c1-13(2)14-3-5-15(6-4-14)22-17(18-19-20-22)25-12-16(23)11-21-7-9-24-10-8-21/h3-6,13,16,23H,7-12H2,1-2H3/p+1/t16-/m0/s1. The Bertz CT molecular complexity index is 655. The zero-order chi connectivity index (χ0) is 17.6. The lowest BCUT2D eigenvalue weighted by Crippen LogP contribution is -3.15. The van der Waals surface area contributed by atoms with Crippen LogP contribution in [0.25, 0.3) is 5.69 Å². The molecule has 1 saturated heterocycles. The Balaban J connectivity index is 1.57. The van der Waals surface area contributed by atoms with Crippen LogP contribution < -0.4 is 4.90 Å². The van der Waals surface area contributed by atoms with Crippen LogP contribution >= 0.6 is 11.8 Å². The lowest BCUT2D eigenvalue weighted by atomic mass is 10.0. The number of tetrazole rings is 1. The van der Waals surface area contributed by atoms with Crippen molar-refractivity contribution < 1.29 is 14.7 Å². The van der Waals surface area contributed by atoms with Crippen LogP contribution in [-0.2, 0) is 4.74 Å². The third kappa shape index (κ3) is 5.01. The quantitative estimate of drug-likeness (QED) is 0.682. The van der Waals surface area contributed by atoms with Crippen LogP contribution in [0.2, 0.25) is 0 Å². The van der Waals surface area contributed by atoms with Crippen LogP contribution in [0, 0.1) is 0 Å². The molecule has 25 heavy (non-hydrogen) atoms. The Hall–Kier alpha value is -1.48. The molecule has 2 heterocycles. The maximum atomic E-state index is 10.3. The Morgan fingerprint density at radius 3 is 2.64 bits per heavy atom. The fraction of sp³-hybridized carbons (Fsp3) is 0.588. The minimum absolute atomic E-state index is 0.383. The zero-order valence-electron chi connectivity index (χ0n) is 14.8. The van der Waals surface area contributed by atoms with Gasteiger partial charge in [0.05, 0.1) is 18.9 Å². The summed E-state index contributed by atoms with van der Waals surface area (Å²) in [6.07, 6.45) is -0.383. The van der Waals surface area contributed by atoms with Gasteiger partial charge in [-0.2, -0.15) is 4.68 Å². The third-order valence-electron chi connectivity index (χ3n) is 4.37. The highest BCUT2D eigenvalue weighted by Gasteiger charge is 2.19. The van der Waals surface area contributed by atoms with Gasteiger partial charge in [-0.25, -0.2) is 0 Å². The van der Waals surface area contributed by atoms with E-state index in [0.29, 0.717) is 16.8 Å². The first-order chi connectivity index (χ1) is 12.1. The van der Waals surface area contributed by atoms with Gasteiger partial charge in [0.15, 0.2) is 0 Å². The Labute approximate surface area is 152 Å². The number of aliphatic hydroxyl groups excluding tert-OH is 1. The van der Waals surface area contributed by atoms with Gasteiger partial charge < -0.3 is 14.7 Å². The summed E-state index contributed by atoms with van der Waals surface area (Å²) in [6.45, 7) is 8.56. The van der Waals surface area contributed by atoms with Crippen LogP contribution in [0.4, 0.5) is 0 Å². The van der Waals surface area contributed by atoms with E-state index in [9.17, 15) is 5.11 Å². The molecule has 1 aliphatic heterocycles. The molecule has 1 aliphatic rings. The lowest BCUT2D eigenvalue weighted by molar-refractivity contribution is -0.910. The molecule has 1 atom stereocenters. The van der Waals surface area contributed by atoms with E-state index in [1.54, 1.807) is 4.68 Å². The van der Waals surface area contributed by atoms with E-state index in [-0.39, 0.29) is 6.10 Å². The minimum atomic E-state index is -0.383. The fourth-order valence-corrected chi connectivity index (χ4v) is 3.68. The molecule has 2 aromatic rings. The third-order valence-corrected chi connectivity index (χ3v) is 5.44. The summed E-state index contributed by atoms with van der Waals surface area (Å²) in [5.74, 6) is 1.07. The molecule has 2 N–H and O–H groups in total. The van der Waals surface area contributed by atoms with Crippen LogP contribution in [-0.4, -0.2) is 70.0 Å². The van der Waals surface area contributed by atoms with Gasteiger partial charge >= 0.3 is 0 Å². The highest BCUT2D eigenvalue weighted by molar-refractivity contribution is 7.99. The van der Waals surface area contributed by atoms with E-state index >= 15 is 0 Å². The second-order valence-corrected chi connectivity index (χ2v) is 7.64. The van der Waals surface area contributed by atoms with Crippen molar-refractivity contribution in [2.24, 2.45) is 0 Å². The first-order valence-corrected chi connectivity index (χ1v) is 9.73. The molecular formula is C17H26N5O2S+. The van der Waals surface area contributed by atoms with E-state index in [4.69, 9.17) is 4.74 Å². The maximum absolute atomic E-state index is 10.3. The largest absolute Gasteiger partial charge is 0.386 e. The monoisotopic (exact) mass is 364 g/mol. The molecule has 3 rings (SSSR count). The average Bonchev–Trinajstić information content (AvgIpc) is 3.09. The van der Waals surface area contributed by atoms with Crippen LogP contribution in [0.3, 0.4) is 0 Å².